The Morgan fingerprint density at radius 2 is 1.73 bits per heavy atom. The molecule has 3 amide bonds. The number of carbonyl (C=O) groups is 3. The van der Waals surface area contributed by atoms with Crippen LogP contribution >= 0.6 is 0 Å². The van der Waals surface area contributed by atoms with Crippen molar-refractivity contribution in [2.24, 2.45) is 11.8 Å². The molecule has 3 heterocycles. The monoisotopic (exact) mass is 299 g/mol. The molecule has 6 nitrogen and oxygen atoms in total. The fraction of sp³-hybridized carbons (Fsp3) is 0.438. The molecular formula is C16H17N3O3. The second-order valence-electron chi connectivity index (χ2n) is 6.36. The summed E-state index contributed by atoms with van der Waals surface area (Å²) in [7, 11) is 3.21. The van der Waals surface area contributed by atoms with Gasteiger partial charge in [-0.05, 0) is 13.0 Å². The average Bonchev–Trinajstić information content (AvgIpc) is 3.03. The van der Waals surface area contributed by atoms with E-state index in [1.807, 2.05) is 31.2 Å². The van der Waals surface area contributed by atoms with Crippen molar-refractivity contribution in [3.8, 4) is 0 Å². The average molecular weight is 299 g/mol. The number of anilines is 1. The van der Waals surface area contributed by atoms with Crippen LogP contribution in [0.4, 0.5) is 5.69 Å². The summed E-state index contributed by atoms with van der Waals surface area (Å²) in [6.07, 6.45) is 0. The van der Waals surface area contributed by atoms with Crippen LogP contribution in [0, 0.1) is 11.8 Å². The smallest absolute Gasteiger partial charge is 0.252 e. The van der Waals surface area contributed by atoms with Crippen molar-refractivity contribution >= 4 is 23.4 Å². The number of carbonyl (C=O) groups excluding carboxylic acids is 3. The number of hydrogen-bond donors (Lipinski definition) is 1. The van der Waals surface area contributed by atoms with E-state index in [1.54, 1.807) is 11.9 Å². The fourth-order valence-electron chi connectivity index (χ4n) is 4.36. The number of amides is 3. The van der Waals surface area contributed by atoms with Gasteiger partial charge in [0.2, 0.25) is 11.8 Å². The Morgan fingerprint density at radius 1 is 1.05 bits per heavy atom. The summed E-state index contributed by atoms with van der Waals surface area (Å²) in [6, 6.07) is 7.24. The number of benzene rings is 1. The standard InChI is InChI=1S/C16H17N3O3/c1-8-11-12(14(21)19(3)13(11)20)16(17-8)9-6-4-5-7-10(9)18(2)15(16)22/h4-8,11-12,17H,1-3H3/t8-,11+,12-,16-/m0/s1. The lowest BCUT2D eigenvalue weighted by Crippen LogP contribution is -2.54. The zero-order valence-electron chi connectivity index (χ0n) is 12.7. The van der Waals surface area contributed by atoms with E-state index in [0.717, 1.165) is 11.3 Å². The summed E-state index contributed by atoms with van der Waals surface area (Å²) in [6.45, 7) is 1.87. The predicted molar refractivity (Wildman–Crippen MR) is 78.9 cm³/mol. The molecule has 4 atom stereocenters. The van der Waals surface area contributed by atoms with Crippen molar-refractivity contribution in [2.45, 2.75) is 18.5 Å². The van der Waals surface area contributed by atoms with Crippen LogP contribution in [0.25, 0.3) is 0 Å². The van der Waals surface area contributed by atoms with E-state index in [2.05, 4.69) is 5.32 Å². The first-order chi connectivity index (χ1) is 10.4. The summed E-state index contributed by atoms with van der Waals surface area (Å²) >= 11 is 0. The number of imide groups is 1. The van der Waals surface area contributed by atoms with E-state index in [-0.39, 0.29) is 23.8 Å². The quantitative estimate of drug-likeness (QED) is 0.689. The zero-order chi connectivity index (χ0) is 15.8. The molecule has 0 bridgehead atoms. The van der Waals surface area contributed by atoms with Gasteiger partial charge in [0.15, 0.2) is 0 Å². The van der Waals surface area contributed by atoms with Crippen molar-refractivity contribution in [3.63, 3.8) is 0 Å². The van der Waals surface area contributed by atoms with Gasteiger partial charge in [0.25, 0.3) is 5.91 Å². The van der Waals surface area contributed by atoms with Gasteiger partial charge in [0, 0.05) is 31.4 Å². The van der Waals surface area contributed by atoms with Gasteiger partial charge in [-0.15, -0.1) is 0 Å². The first-order valence-corrected chi connectivity index (χ1v) is 7.38. The van der Waals surface area contributed by atoms with Crippen molar-refractivity contribution < 1.29 is 14.4 Å². The largest absolute Gasteiger partial charge is 0.313 e. The normalized spacial score (nSPS) is 36.5. The highest BCUT2D eigenvalue weighted by Gasteiger charge is 2.69. The number of likely N-dealkylation sites (N-methyl/N-ethyl adjacent to an activating group) is 1. The van der Waals surface area contributed by atoms with Gasteiger partial charge in [0.1, 0.15) is 5.54 Å². The summed E-state index contributed by atoms with van der Waals surface area (Å²) in [5, 5.41) is 3.29. The summed E-state index contributed by atoms with van der Waals surface area (Å²) in [5.74, 6) is -1.79. The third kappa shape index (κ3) is 1.23. The van der Waals surface area contributed by atoms with E-state index < -0.39 is 17.4 Å². The Bertz CT molecular complexity index is 731. The minimum absolute atomic E-state index is 0.163. The second-order valence-corrected chi connectivity index (χ2v) is 6.36. The molecule has 4 rings (SSSR count). The Balaban J connectivity index is 1.98. The first kappa shape index (κ1) is 13.5. The number of likely N-dealkylation sites (tertiary alicyclic amines) is 1. The van der Waals surface area contributed by atoms with Crippen LogP contribution in [0.2, 0.25) is 0 Å². The van der Waals surface area contributed by atoms with Gasteiger partial charge in [-0.3, -0.25) is 24.6 Å². The molecule has 0 aliphatic carbocycles. The Morgan fingerprint density at radius 3 is 2.45 bits per heavy atom. The van der Waals surface area contributed by atoms with Crippen LogP contribution in [-0.2, 0) is 19.9 Å². The third-order valence-corrected chi connectivity index (χ3v) is 5.36. The van der Waals surface area contributed by atoms with Crippen LogP contribution in [-0.4, -0.2) is 42.8 Å². The molecule has 114 valence electrons. The maximum absolute atomic E-state index is 13.0. The van der Waals surface area contributed by atoms with Crippen molar-refractivity contribution in [1.29, 1.82) is 0 Å². The molecule has 2 fully saturated rings. The molecule has 0 unspecified atom stereocenters. The maximum Gasteiger partial charge on any atom is 0.252 e. The van der Waals surface area contributed by atoms with Gasteiger partial charge in [-0.25, -0.2) is 0 Å². The molecule has 3 aliphatic heterocycles. The van der Waals surface area contributed by atoms with Crippen LogP contribution < -0.4 is 10.2 Å². The molecule has 0 radical (unpaired) electrons. The molecule has 3 aliphatic rings. The lowest BCUT2D eigenvalue weighted by molar-refractivity contribution is -0.141. The topological polar surface area (TPSA) is 69.7 Å². The van der Waals surface area contributed by atoms with Gasteiger partial charge in [-0.2, -0.15) is 0 Å². The number of fused-ring (bicyclic) bond motifs is 4. The zero-order valence-corrected chi connectivity index (χ0v) is 12.7. The second kappa shape index (κ2) is 3.95. The lowest BCUT2D eigenvalue weighted by atomic mass is 9.76. The van der Waals surface area contributed by atoms with Crippen LogP contribution in [0.3, 0.4) is 0 Å². The number of rotatable bonds is 0. The van der Waals surface area contributed by atoms with Crippen LogP contribution in [0.1, 0.15) is 12.5 Å². The highest BCUT2D eigenvalue weighted by Crippen LogP contribution is 2.53. The summed E-state index contributed by atoms with van der Waals surface area (Å²) < 4.78 is 0. The predicted octanol–water partition coefficient (Wildman–Crippen LogP) is 0.0810. The Labute approximate surface area is 128 Å². The minimum atomic E-state index is -1.12. The van der Waals surface area contributed by atoms with E-state index >= 15 is 0 Å². The number of hydrogen-bond acceptors (Lipinski definition) is 4. The van der Waals surface area contributed by atoms with Gasteiger partial charge < -0.3 is 4.90 Å². The maximum atomic E-state index is 13.0. The molecular weight excluding hydrogens is 282 g/mol. The highest BCUT2D eigenvalue weighted by molar-refractivity contribution is 6.15. The first-order valence-electron chi connectivity index (χ1n) is 7.38. The molecule has 22 heavy (non-hydrogen) atoms. The molecule has 0 aromatic heterocycles. The van der Waals surface area contributed by atoms with Gasteiger partial charge >= 0.3 is 0 Å². The molecule has 0 saturated carbocycles. The number of nitrogens with one attached hydrogen (secondary N) is 1. The third-order valence-electron chi connectivity index (χ3n) is 5.36. The van der Waals surface area contributed by atoms with Gasteiger partial charge in [0.05, 0.1) is 11.8 Å². The van der Waals surface area contributed by atoms with E-state index in [9.17, 15) is 14.4 Å². The minimum Gasteiger partial charge on any atom is -0.313 e. The number of para-hydroxylation sites is 1. The summed E-state index contributed by atoms with van der Waals surface area (Å²) in [4.78, 5) is 40.8. The molecule has 1 aromatic carbocycles. The Hall–Kier alpha value is -2.21. The highest BCUT2D eigenvalue weighted by atomic mass is 16.2. The molecule has 1 N–H and O–H groups in total. The van der Waals surface area contributed by atoms with Crippen LogP contribution in [0.15, 0.2) is 24.3 Å². The van der Waals surface area contributed by atoms with Crippen molar-refractivity contribution in [2.75, 3.05) is 19.0 Å². The fourth-order valence-corrected chi connectivity index (χ4v) is 4.36. The van der Waals surface area contributed by atoms with E-state index in [4.69, 9.17) is 0 Å². The van der Waals surface area contributed by atoms with Crippen LogP contribution in [0.5, 0.6) is 0 Å². The van der Waals surface area contributed by atoms with E-state index in [0.29, 0.717) is 0 Å². The molecule has 1 aromatic rings. The van der Waals surface area contributed by atoms with Crippen molar-refractivity contribution in [3.05, 3.63) is 29.8 Å². The summed E-state index contributed by atoms with van der Waals surface area (Å²) in [5.41, 5.74) is 0.466. The number of nitrogens with zero attached hydrogens (tertiary/aromatic N) is 2. The van der Waals surface area contributed by atoms with Gasteiger partial charge in [-0.1, -0.05) is 18.2 Å². The molecule has 1 spiro atoms. The van der Waals surface area contributed by atoms with Crippen molar-refractivity contribution in [1.82, 2.24) is 10.2 Å². The molecule has 2 saturated heterocycles. The lowest BCUT2D eigenvalue weighted by Gasteiger charge is -2.29. The molecule has 6 heteroatoms. The SMILES string of the molecule is C[C@@H]1N[C@]2(C(=O)N(C)c3ccccc32)[C@@H]2C(=O)N(C)C(=O)[C@H]12. The van der Waals surface area contributed by atoms with E-state index in [1.165, 1.54) is 11.9 Å². The Kier molecular flexibility index (Phi) is 2.42.